The third-order valence-corrected chi connectivity index (χ3v) is 4.73. The minimum Gasteiger partial charge on any atom is -0.484 e. The van der Waals surface area contributed by atoms with Crippen molar-refractivity contribution in [3.05, 3.63) is 41.2 Å². The molecule has 152 valence electrons. The Morgan fingerprint density at radius 1 is 1.29 bits per heavy atom. The van der Waals surface area contributed by atoms with Gasteiger partial charge in [0, 0.05) is 49.1 Å². The first-order valence-electron chi connectivity index (χ1n) is 9.54. The molecule has 0 aliphatic heterocycles. The predicted octanol–water partition coefficient (Wildman–Crippen LogP) is 3.20. The Balaban J connectivity index is 2.05. The van der Waals surface area contributed by atoms with Crippen molar-refractivity contribution in [1.29, 1.82) is 0 Å². The van der Waals surface area contributed by atoms with E-state index < -0.39 is 0 Å². The summed E-state index contributed by atoms with van der Waals surface area (Å²) in [5.41, 5.74) is 3.70. The van der Waals surface area contributed by atoms with Crippen LogP contribution in [0.2, 0.25) is 0 Å². The zero-order chi connectivity index (χ0) is 20.8. The Bertz CT molecular complexity index is 842. The number of carbonyl (C=O) groups is 2. The van der Waals surface area contributed by atoms with Gasteiger partial charge in [0.05, 0.1) is 5.69 Å². The summed E-state index contributed by atoms with van der Waals surface area (Å²) < 4.78 is 7.53. The molecule has 1 heterocycles. The number of nitrogens with zero attached hydrogens (tertiary/aromatic N) is 3. The zero-order valence-corrected chi connectivity index (χ0v) is 17.6. The summed E-state index contributed by atoms with van der Waals surface area (Å²) in [5, 5.41) is 7.21. The van der Waals surface area contributed by atoms with E-state index in [-0.39, 0.29) is 24.5 Å². The number of rotatable bonds is 8. The zero-order valence-electron chi connectivity index (χ0n) is 17.6. The van der Waals surface area contributed by atoms with Crippen molar-refractivity contribution in [2.45, 2.75) is 53.6 Å². The monoisotopic (exact) mass is 386 g/mol. The molecule has 0 fully saturated rings. The molecule has 0 saturated heterocycles. The highest BCUT2D eigenvalue weighted by Gasteiger charge is 2.21. The van der Waals surface area contributed by atoms with E-state index in [1.807, 2.05) is 39.4 Å². The Labute approximate surface area is 166 Å². The Morgan fingerprint density at radius 2 is 2.00 bits per heavy atom. The van der Waals surface area contributed by atoms with Crippen LogP contribution in [-0.4, -0.2) is 39.1 Å². The second-order valence-corrected chi connectivity index (χ2v) is 7.11. The summed E-state index contributed by atoms with van der Waals surface area (Å²) in [4.78, 5) is 26.1. The van der Waals surface area contributed by atoms with Crippen LogP contribution in [0.1, 0.15) is 44.1 Å². The first kappa shape index (κ1) is 21.5. The summed E-state index contributed by atoms with van der Waals surface area (Å²) >= 11 is 0. The topological polar surface area (TPSA) is 76.5 Å². The maximum absolute atomic E-state index is 12.8. The fourth-order valence-electron chi connectivity index (χ4n) is 2.92. The number of carbonyl (C=O) groups excluding carboxylic acids is 2. The largest absolute Gasteiger partial charge is 0.484 e. The molecule has 1 aromatic carbocycles. The molecule has 2 amide bonds. The standard InChI is InChI=1S/C21H30N4O3/c1-7-20(26)22-17-9-8-10-18(11-17)28-13-21(27)25(14(2)3)12-19-15(4)23-24(6)16(19)5/h8-11,14H,7,12-13H2,1-6H3,(H,22,26). The highest BCUT2D eigenvalue weighted by atomic mass is 16.5. The maximum atomic E-state index is 12.8. The Kier molecular flexibility index (Phi) is 7.20. The third-order valence-electron chi connectivity index (χ3n) is 4.73. The van der Waals surface area contributed by atoms with Gasteiger partial charge in [0.25, 0.3) is 5.91 Å². The second-order valence-electron chi connectivity index (χ2n) is 7.11. The summed E-state index contributed by atoms with van der Waals surface area (Å²) in [7, 11) is 1.90. The van der Waals surface area contributed by atoms with E-state index in [1.165, 1.54) is 0 Å². The van der Waals surface area contributed by atoms with Crippen molar-refractivity contribution in [1.82, 2.24) is 14.7 Å². The van der Waals surface area contributed by atoms with Crippen LogP contribution >= 0.6 is 0 Å². The van der Waals surface area contributed by atoms with Gasteiger partial charge in [0.15, 0.2) is 6.61 Å². The number of hydrogen-bond donors (Lipinski definition) is 1. The molecule has 0 bridgehead atoms. The average molecular weight is 386 g/mol. The SMILES string of the molecule is CCC(=O)Nc1cccc(OCC(=O)N(Cc2c(C)nn(C)c2C)C(C)C)c1. The van der Waals surface area contributed by atoms with Gasteiger partial charge in [-0.3, -0.25) is 14.3 Å². The quantitative estimate of drug-likeness (QED) is 0.756. The van der Waals surface area contributed by atoms with Crippen LogP contribution in [0.3, 0.4) is 0 Å². The molecule has 0 saturated carbocycles. The van der Waals surface area contributed by atoms with Gasteiger partial charge in [-0.1, -0.05) is 13.0 Å². The van der Waals surface area contributed by atoms with Crippen molar-refractivity contribution in [2.24, 2.45) is 7.05 Å². The van der Waals surface area contributed by atoms with E-state index in [1.54, 1.807) is 36.1 Å². The summed E-state index contributed by atoms with van der Waals surface area (Å²) in [6, 6.07) is 7.09. The van der Waals surface area contributed by atoms with Crippen molar-refractivity contribution < 1.29 is 14.3 Å². The lowest BCUT2D eigenvalue weighted by Crippen LogP contribution is -2.39. The number of ether oxygens (including phenoxy) is 1. The molecule has 0 radical (unpaired) electrons. The number of aromatic nitrogens is 2. The van der Waals surface area contributed by atoms with Gasteiger partial charge >= 0.3 is 0 Å². The fraction of sp³-hybridized carbons (Fsp3) is 0.476. The first-order valence-corrected chi connectivity index (χ1v) is 9.54. The van der Waals surface area contributed by atoms with E-state index in [2.05, 4.69) is 10.4 Å². The smallest absolute Gasteiger partial charge is 0.261 e. The number of benzene rings is 1. The van der Waals surface area contributed by atoms with Gasteiger partial charge in [-0.15, -0.1) is 0 Å². The van der Waals surface area contributed by atoms with Crippen LogP contribution in [-0.2, 0) is 23.2 Å². The molecular formula is C21H30N4O3. The number of aryl methyl sites for hydroxylation is 2. The van der Waals surface area contributed by atoms with E-state index >= 15 is 0 Å². The highest BCUT2D eigenvalue weighted by Crippen LogP contribution is 2.19. The van der Waals surface area contributed by atoms with Crippen LogP contribution in [0.15, 0.2) is 24.3 Å². The lowest BCUT2D eigenvalue weighted by molar-refractivity contribution is -0.135. The molecule has 0 unspecified atom stereocenters. The second kappa shape index (κ2) is 9.39. The number of anilines is 1. The van der Waals surface area contributed by atoms with Crippen molar-refractivity contribution >= 4 is 17.5 Å². The molecule has 1 aromatic heterocycles. The van der Waals surface area contributed by atoms with Gasteiger partial charge in [0.2, 0.25) is 5.91 Å². The Hall–Kier alpha value is -2.83. The molecule has 2 aromatic rings. The van der Waals surface area contributed by atoms with Gasteiger partial charge in [-0.05, 0) is 39.8 Å². The summed E-state index contributed by atoms with van der Waals surface area (Å²) in [5.74, 6) is 0.377. The van der Waals surface area contributed by atoms with Gasteiger partial charge in [0.1, 0.15) is 5.75 Å². The van der Waals surface area contributed by atoms with Crippen LogP contribution < -0.4 is 10.1 Å². The van der Waals surface area contributed by atoms with Crippen LogP contribution in [0, 0.1) is 13.8 Å². The van der Waals surface area contributed by atoms with Gasteiger partial charge in [-0.25, -0.2) is 0 Å². The molecule has 0 spiro atoms. The van der Waals surface area contributed by atoms with Crippen LogP contribution in [0.5, 0.6) is 5.75 Å². The lowest BCUT2D eigenvalue weighted by Gasteiger charge is -2.27. The Morgan fingerprint density at radius 3 is 2.57 bits per heavy atom. The molecule has 2 rings (SSSR count). The predicted molar refractivity (Wildman–Crippen MR) is 109 cm³/mol. The van der Waals surface area contributed by atoms with E-state index in [0.29, 0.717) is 24.4 Å². The van der Waals surface area contributed by atoms with Crippen LogP contribution in [0.25, 0.3) is 0 Å². The van der Waals surface area contributed by atoms with Gasteiger partial charge < -0.3 is 15.0 Å². The highest BCUT2D eigenvalue weighted by molar-refractivity contribution is 5.90. The van der Waals surface area contributed by atoms with Crippen molar-refractivity contribution in [3.63, 3.8) is 0 Å². The first-order chi connectivity index (χ1) is 13.2. The summed E-state index contributed by atoms with van der Waals surface area (Å²) in [6.07, 6.45) is 0.403. The van der Waals surface area contributed by atoms with Crippen molar-refractivity contribution in [3.8, 4) is 5.75 Å². The van der Waals surface area contributed by atoms with Crippen LogP contribution in [0.4, 0.5) is 5.69 Å². The number of amides is 2. The molecular weight excluding hydrogens is 356 g/mol. The number of nitrogens with one attached hydrogen (secondary N) is 1. The van der Waals surface area contributed by atoms with E-state index in [0.717, 1.165) is 17.0 Å². The third kappa shape index (κ3) is 5.34. The number of hydrogen-bond acceptors (Lipinski definition) is 4. The average Bonchev–Trinajstić information content (AvgIpc) is 2.89. The minimum absolute atomic E-state index is 0.0327. The lowest BCUT2D eigenvalue weighted by atomic mass is 10.1. The van der Waals surface area contributed by atoms with Crippen molar-refractivity contribution in [2.75, 3.05) is 11.9 Å². The van der Waals surface area contributed by atoms with E-state index in [9.17, 15) is 9.59 Å². The normalized spacial score (nSPS) is 10.8. The van der Waals surface area contributed by atoms with E-state index in [4.69, 9.17) is 4.74 Å². The maximum Gasteiger partial charge on any atom is 0.261 e. The summed E-state index contributed by atoms with van der Waals surface area (Å²) in [6.45, 7) is 10.2. The fourth-order valence-corrected chi connectivity index (χ4v) is 2.92. The molecule has 7 heteroatoms. The molecule has 0 atom stereocenters. The van der Waals surface area contributed by atoms with Gasteiger partial charge in [-0.2, -0.15) is 5.10 Å². The minimum atomic E-state index is -0.0966. The molecule has 1 N–H and O–H groups in total. The molecule has 0 aliphatic carbocycles. The molecule has 28 heavy (non-hydrogen) atoms. The molecule has 7 nitrogen and oxygen atoms in total. The molecule has 0 aliphatic rings.